The highest BCUT2D eigenvalue weighted by molar-refractivity contribution is 6.10. The minimum atomic E-state index is -0.746. The lowest BCUT2D eigenvalue weighted by Gasteiger charge is -2.11. The first-order valence-electron chi connectivity index (χ1n) is 9.96. The average molecular weight is 457 g/mol. The Morgan fingerprint density at radius 2 is 1.79 bits per heavy atom. The number of aryl methyl sites for hydroxylation is 1. The van der Waals surface area contributed by atoms with E-state index in [0.717, 1.165) is 0 Å². The van der Waals surface area contributed by atoms with E-state index in [1.807, 2.05) is 6.07 Å². The summed E-state index contributed by atoms with van der Waals surface area (Å²) in [4.78, 5) is 35.5. The van der Waals surface area contributed by atoms with Crippen molar-refractivity contribution in [2.45, 2.75) is 6.92 Å². The Bertz CT molecular complexity index is 1330. The largest absolute Gasteiger partial charge is 0.493 e. The van der Waals surface area contributed by atoms with Gasteiger partial charge in [0.2, 0.25) is 0 Å². The number of nitro benzene ring substituents is 1. The lowest BCUT2D eigenvalue weighted by Crippen LogP contribution is -2.14. The summed E-state index contributed by atoms with van der Waals surface area (Å²) in [7, 11) is 1.42. The van der Waals surface area contributed by atoms with Crippen molar-refractivity contribution in [3.05, 3.63) is 99.1 Å². The quantitative estimate of drug-likeness (QED) is 0.136. The molecule has 9 heteroatoms. The first-order chi connectivity index (χ1) is 16.3. The molecule has 3 aromatic rings. The molecule has 0 saturated carbocycles. The van der Waals surface area contributed by atoms with E-state index in [4.69, 9.17) is 9.47 Å². The van der Waals surface area contributed by atoms with Gasteiger partial charge in [-0.2, -0.15) is 5.26 Å². The normalized spacial score (nSPS) is 10.7. The van der Waals surface area contributed by atoms with Gasteiger partial charge in [-0.05, 0) is 48.4 Å². The number of benzene rings is 3. The molecule has 0 bridgehead atoms. The zero-order chi connectivity index (χ0) is 24.7. The number of carbonyl (C=O) groups is 2. The number of nitro groups is 1. The maximum atomic E-state index is 12.7. The Labute approximate surface area is 195 Å². The fourth-order valence-corrected chi connectivity index (χ4v) is 2.96. The Morgan fingerprint density at radius 1 is 1.06 bits per heavy atom. The number of nitriles is 1. The molecule has 0 fully saturated rings. The summed E-state index contributed by atoms with van der Waals surface area (Å²) in [5, 5.41) is 23.1. The van der Waals surface area contributed by atoms with Gasteiger partial charge in [0.15, 0.2) is 11.5 Å². The van der Waals surface area contributed by atoms with Crippen LogP contribution >= 0.6 is 0 Å². The van der Waals surface area contributed by atoms with Gasteiger partial charge in [0.25, 0.3) is 11.6 Å². The molecular weight excluding hydrogens is 438 g/mol. The fourth-order valence-electron chi connectivity index (χ4n) is 2.96. The number of carbonyl (C=O) groups excluding carboxylic acids is 2. The van der Waals surface area contributed by atoms with Crippen molar-refractivity contribution in [3.8, 4) is 17.6 Å². The minimum absolute atomic E-state index is 0.109. The van der Waals surface area contributed by atoms with E-state index in [-0.39, 0.29) is 28.4 Å². The molecule has 1 N–H and O–H groups in total. The van der Waals surface area contributed by atoms with E-state index in [1.165, 1.54) is 43.5 Å². The van der Waals surface area contributed by atoms with Crippen LogP contribution in [0.5, 0.6) is 11.5 Å². The van der Waals surface area contributed by atoms with Crippen LogP contribution in [0, 0.1) is 28.4 Å². The number of hydrogen-bond donors (Lipinski definition) is 1. The molecule has 0 spiro atoms. The zero-order valence-electron chi connectivity index (χ0n) is 18.3. The van der Waals surface area contributed by atoms with E-state index in [9.17, 15) is 25.0 Å². The Kier molecular flexibility index (Phi) is 7.36. The third-order valence-electron chi connectivity index (χ3n) is 4.76. The van der Waals surface area contributed by atoms with Gasteiger partial charge >= 0.3 is 5.97 Å². The molecule has 0 unspecified atom stereocenters. The lowest BCUT2D eigenvalue weighted by atomic mass is 10.1. The van der Waals surface area contributed by atoms with Crippen LogP contribution in [0.1, 0.15) is 21.5 Å². The number of non-ortho nitro benzene ring substituents is 1. The number of nitrogens with one attached hydrogen (secondary N) is 1. The molecule has 1 amide bonds. The zero-order valence-corrected chi connectivity index (χ0v) is 18.3. The molecule has 0 aliphatic carbocycles. The minimum Gasteiger partial charge on any atom is -0.493 e. The van der Waals surface area contributed by atoms with Crippen molar-refractivity contribution >= 4 is 29.3 Å². The molecule has 9 nitrogen and oxygen atoms in total. The van der Waals surface area contributed by atoms with Crippen molar-refractivity contribution in [3.63, 3.8) is 0 Å². The number of esters is 1. The van der Waals surface area contributed by atoms with Gasteiger partial charge in [-0.15, -0.1) is 0 Å². The van der Waals surface area contributed by atoms with Gasteiger partial charge in [-0.1, -0.05) is 30.3 Å². The number of ether oxygens (including phenoxy) is 2. The smallest absolute Gasteiger partial charge is 0.343 e. The second-order valence-electron chi connectivity index (χ2n) is 7.05. The number of hydrogen-bond acceptors (Lipinski definition) is 7. The van der Waals surface area contributed by atoms with Gasteiger partial charge in [0.05, 0.1) is 23.3 Å². The highest BCUT2D eigenvalue weighted by atomic mass is 16.6. The molecule has 0 aliphatic heterocycles. The van der Waals surface area contributed by atoms with Crippen LogP contribution < -0.4 is 14.8 Å². The summed E-state index contributed by atoms with van der Waals surface area (Å²) >= 11 is 0. The second kappa shape index (κ2) is 10.6. The summed E-state index contributed by atoms with van der Waals surface area (Å²) in [6.07, 6.45) is 1.31. The monoisotopic (exact) mass is 457 g/mol. The van der Waals surface area contributed by atoms with Crippen LogP contribution in [-0.4, -0.2) is 23.9 Å². The van der Waals surface area contributed by atoms with E-state index in [0.29, 0.717) is 16.7 Å². The van der Waals surface area contributed by atoms with E-state index >= 15 is 0 Å². The fraction of sp³-hybridized carbons (Fsp3) is 0.0800. The molecule has 3 aromatic carbocycles. The van der Waals surface area contributed by atoms with Gasteiger partial charge in [0.1, 0.15) is 11.6 Å². The Hall–Kier alpha value is -4.97. The van der Waals surface area contributed by atoms with E-state index < -0.39 is 16.8 Å². The van der Waals surface area contributed by atoms with Crippen molar-refractivity contribution in [1.29, 1.82) is 5.26 Å². The Balaban J connectivity index is 1.87. The van der Waals surface area contributed by atoms with Crippen molar-refractivity contribution in [1.82, 2.24) is 0 Å². The number of methoxy groups -OCH3 is 1. The average Bonchev–Trinajstić information content (AvgIpc) is 2.84. The number of nitrogens with zero attached hydrogens (tertiary/aromatic N) is 2. The SMILES string of the molecule is COc1ccc(/C=C(\C#N)C(=O)Nc2cc([N+](=O)[O-])ccc2C)cc1OC(=O)c1ccccc1. The summed E-state index contributed by atoms with van der Waals surface area (Å²) in [5.41, 5.74) is 1.11. The molecule has 3 rings (SSSR count). The molecule has 0 aliphatic rings. The maximum absolute atomic E-state index is 12.7. The summed E-state index contributed by atoms with van der Waals surface area (Å²) in [6.45, 7) is 1.67. The number of anilines is 1. The highest BCUT2D eigenvalue weighted by Crippen LogP contribution is 2.30. The third kappa shape index (κ3) is 5.63. The van der Waals surface area contributed by atoms with Gasteiger partial charge in [-0.3, -0.25) is 14.9 Å². The van der Waals surface area contributed by atoms with Crippen molar-refractivity contribution in [2.24, 2.45) is 0 Å². The molecular formula is C25H19N3O6. The van der Waals surface area contributed by atoms with Crippen molar-refractivity contribution in [2.75, 3.05) is 12.4 Å². The predicted molar refractivity (Wildman–Crippen MR) is 124 cm³/mol. The topological polar surface area (TPSA) is 132 Å². The molecule has 0 saturated heterocycles. The summed E-state index contributed by atoms with van der Waals surface area (Å²) in [6, 6.07) is 18.8. The first-order valence-corrected chi connectivity index (χ1v) is 9.96. The standard InChI is InChI=1S/C25H19N3O6/c1-16-8-10-20(28(31)32)14-21(16)27-24(29)19(15-26)12-17-9-11-22(33-2)23(13-17)34-25(30)18-6-4-3-5-7-18/h3-14H,1-2H3,(H,27,29)/b19-12+. The summed E-state index contributed by atoms with van der Waals surface area (Å²) < 4.78 is 10.7. The van der Waals surface area contributed by atoms with Crippen LogP contribution in [0.3, 0.4) is 0 Å². The van der Waals surface area contributed by atoms with Crippen LogP contribution in [0.25, 0.3) is 6.08 Å². The van der Waals surface area contributed by atoms with Gasteiger partial charge < -0.3 is 14.8 Å². The molecule has 0 radical (unpaired) electrons. The molecule has 34 heavy (non-hydrogen) atoms. The van der Waals surface area contributed by atoms with Crippen LogP contribution in [0.15, 0.2) is 72.3 Å². The van der Waals surface area contributed by atoms with Crippen LogP contribution in [-0.2, 0) is 4.79 Å². The summed E-state index contributed by atoms with van der Waals surface area (Å²) in [5.74, 6) is -0.946. The number of amides is 1. The molecule has 0 heterocycles. The highest BCUT2D eigenvalue weighted by Gasteiger charge is 2.16. The van der Waals surface area contributed by atoms with Gasteiger partial charge in [0, 0.05) is 12.1 Å². The van der Waals surface area contributed by atoms with E-state index in [1.54, 1.807) is 43.3 Å². The van der Waals surface area contributed by atoms with Gasteiger partial charge in [-0.25, -0.2) is 4.79 Å². The van der Waals surface area contributed by atoms with Crippen LogP contribution in [0.2, 0.25) is 0 Å². The van der Waals surface area contributed by atoms with Crippen LogP contribution in [0.4, 0.5) is 11.4 Å². The maximum Gasteiger partial charge on any atom is 0.343 e. The lowest BCUT2D eigenvalue weighted by molar-refractivity contribution is -0.384. The number of rotatable bonds is 7. The predicted octanol–water partition coefficient (Wildman–Crippen LogP) is 4.68. The van der Waals surface area contributed by atoms with E-state index in [2.05, 4.69) is 5.32 Å². The van der Waals surface area contributed by atoms with Crippen molar-refractivity contribution < 1.29 is 24.0 Å². The second-order valence-corrected chi connectivity index (χ2v) is 7.05. The molecule has 0 atom stereocenters. The third-order valence-corrected chi connectivity index (χ3v) is 4.76. The first kappa shape index (κ1) is 23.7. The molecule has 0 aromatic heterocycles. The Morgan fingerprint density at radius 3 is 2.44 bits per heavy atom. The molecule has 170 valence electrons.